The second-order valence-corrected chi connectivity index (χ2v) is 2.23. The number of hydrogen-bond donors (Lipinski definition) is 0. The number of hydroxylamine groups is 2. The predicted octanol–water partition coefficient (Wildman–Crippen LogP) is 0.573. The summed E-state index contributed by atoms with van der Waals surface area (Å²) in [6.07, 6.45) is 1.64. The van der Waals surface area contributed by atoms with E-state index >= 15 is 0 Å². The quantitative estimate of drug-likeness (QED) is 0.411. The lowest BCUT2D eigenvalue weighted by molar-refractivity contribution is -0.0731. The fraction of sp³-hybridized carbons (Fsp3) is 0.833. The van der Waals surface area contributed by atoms with Gasteiger partial charge in [-0.2, -0.15) is 0 Å². The van der Waals surface area contributed by atoms with Crippen LogP contribution < -0.4 is 0 Å². The minimum atomic E-state index is 0.423. The van der Waals surface area contributed by atoms with Crippen LogP contribution in [0.4, 0.5) is 0 Å². The summed E-state index contributed by atoms with van der Waals surface area (Å²) < 4.78 is 0. The van der Waals surface area contributed by atoms with Crippen molar-refractivity contribution in [2.24, 2.45) is 5.92 Å². The van der Waals surface area contributed by atoms with Crippen molar-refractivity contribution in [3.63, 3.8) is 0 Å². The van der Waals surface area contributed by atoms with E-state index in [2.05, 4.69) is 4.84 Å². The van der Waals surface area contributed by atoms with Crippen LogP contribution in [0.1, 0.15) is 13.8 Å². The molecular weight excluding hydrogens is 118 g/mol. The first-order valence-electron chi connectivity index (χ1n) is 2.90. The zero-order valence-electron chi connectivity index (χ0n) is 6.05. The van der Waals surface area contributed by atoms with Crippen molar-refractivity contribution in [3.8, 4) is 0 Å². The molecule has 0 N–H and O–H groups in total. The zero-order chi connectivity index (χ0) is 7.28. The average Bonchev–Trinajstić information content (AvgIpc) is 1.82. The highest BCUT2D eigenvalue weighted by atomic mass is 16.7. The molecule has 0 spiro atoms. The minimum Gasteiger partial charge on any atom is -0.274 e. The van der Waals surface area contributed by atoms with Gasteiger partial charge in [0.05, 0.1) is 13.7 Å². The number of amides is 1. The number of rotatable bonds is 4. The van der Waals surface area contributed by atoms with E-state index < -0.39 is 0 Å². The third-order valence-electron chi connectivity index (χ3n) is 0.853. The Kier molecular flexibility index (Phi) is 4.05. The maximum Gasteiger partial charge on any atom is 0.337 e. The summed E-state index contributed by atoms with van der Waals surface area (Å²) in [6.45, 7) is 4.60. The van der Waals surface area contributed by atoms with Gasteiger partial charge >= 0.3 is 6.41 Å². The third-order valence-corrected chi connectivity index (χ3v) is 0.853. The van der Waals surface area contributed by atoms with Gasteiger partial charge in [0.25, 0.3) is 0 Å². The number of carbonyl (C=O) groups excluding carboxylic acids is 1. The van der Waals surface area contributed by atoms with Gasteiger partial charge in [-0.05, 0) is 5.92 Å². The van der Waals surface area contributed by atoms with Gasteiger partial charge in [0, 0.05) is 0 Å². The summed E-state index contributed by atoms with van der Waals surface area (Å²) in [5, 5.41) is 1.14. The van der Waals surface area contributed by atoms with E-state index in [1.54, 1.807) is 6.41 Å². The molecule has 53 valence electrons. The fourth-order valence-corrected chi connectivity index (χ4v) is 0.481. The molecule has 0 rings (SSSR count). The Hall–Kier alpha value is -0.570. The van der Waals surface area contributed by atoms with Crippen molar-refractivity contribution in [2.75, 3.05) is 13.7 Å². The highest BCUT2D eigenvalue weighted by Crippen LogP contribution is 1.94. The Bertz CT molecular complexity index is 83.1. The lowest BCUT2D eigenvalue weighted by Crippen LogP contribution is -2.24. The van der Waals surface area contributed by atoms with Crippen molar-refractivity contribution >= 4 is 6.41 Å². The lowest BCUT2D eigenvalue weighted by Gasteiger charge is -2.14. The Morgan fingerprint density at radius 3 is 2.33 bits per heavy atom. The predicted molar refractivity (Wildman–Crippen MR) is 34.2 cm³/mol. The number of hydrogen-bond acceptors (Lipinski definition) is 2. The number of nitrogens with zero attached hydrogens (tertiary/aromatic N) is 1. The molecule has 0 aromatic rings. The first-order valence-corrected chi connectivity index (χ1v) is 2.90. The Morgan fingerprint density at radius 1 is 1.67 bits per heavy atom. The summed E-state index contributed by atoms with van der Waals surface area (Å²) >= 11 is 0. The summed E-state index contributed by atoms with van der Waals surface area (Å²) in [5.74, 6) is 0.423. The monoisotopic (exact) mass is 130 g/mol. The van der Waals surface area contributed by atoms with Crippen LogP contribution in [-0.4, -0.2) is 25.1 Å². The molecule has 1 amide bonds. The van der Waals surface area contributed by atoms with Crippen LogP contribution in [0.2, 0.25) is 0 Å². The van der Waals surface area contributed by atoms with Crippen LogP contribution in [0, 0.1) is 5.92 Å². The van der Waals surface area contributed by atoms with Gasteiger partial charge in [-0.3, -0.25) is 9.63 Å². The molecule has 0 atom stereocenters. The molecule has 0 aliphatic heterocycles. The highest BCUT2D eigenvalue weighted by molar-refractivity contribution is 5.45. The molecule has 1 radical (unpaired) electrons. The van der Waals surface area contributed by atoms with Gasteiger partial charge in [0.15, 0.2) is 0 Å². The Balaban J connectivity index is 3.42. The second kappa shape index (κ2) is 4.32. The molecule has 0 aromatic heterocycles. The van der Waals surface area contributed by atoms with E-state index in [1.165, 1.54) is 7.11 Å². The summed E-state index contributed by atoms with van der Waals surface area (Å²) in [7, 11) is 1.45. The van der Waals surface area contributed by atoms with E-state index in [9.17, 15) is 4.79 Å². The zero-order valence-corrected chi connectivity index (χ0v) is 6.05. The first kappa shape index (κ1) is 8.43. The van der Waals surface area contributed by atoms with Gasteiger partial charge in [0.1, 0.15) is 0 Å². The van der Waals surface area contributed by atoms with Gasteiger partial charge in [-0.25, -0.2) is 5.06 Å². The topological polar surface area (TPSA) is 29.5 Å². The van der Waals surface area contributed by atoms with Gasteiger partial charge in [0.2, 0.25) is 0 Å². The van der Waals surface area contributed by atoms with E-state index in [1.807, 2.05) is 13.8 Å². The van der Waals surface area contributed by atoms with Crippen LogP contribution in [-0.2, 0) is 9.63 Å². The minimum absolute atomic E-state index is 0.423. The maximum atomic E-state index is 9.95. The van der Waals surface area contributed by atoms with Gasteiger partial charge < -0.3 is 0 Å². The average molecular weight is 130 g/mol. The second-order valence-electron chi connectivity index (χ2n) is 2.23. The lowest BCUT2D eigenvalue weighted by atomic mass is 10.2. The summed E-state index contributed by atoms with van der Waals surface area (Å²) in [4.78, 5) is 14.6. The van der Waals surface area contributed by atoms with Crippen LogP contribution in [0.3, 0.4) is 0 Å². The normalized spacial score (nSPS) is 9.78. The molecule has 0 aliphatic rings. The van der Waals surface area contributed by atoms with Gasteiger partial charge in [-0.1, -0.05) is 13.8 Å². The van der Waals surface area contributed by atoms with E-state index in [0.717, 1.165) is 5.06 Å². The van der Waals surface area contributed by atoms with E-state index in [4.69, 9.17) is 0 Å². The Morgan fingerprint density at radius 2 is 2.22 bits per heavy atom. The van der Waals surface area contributed by atoms with Crippen molar-refractivity contribution < 1.29 is 9.63 Å². The van der Waals surface area contributed by atoms with Crippen LogP contribution in [0.15, 0.2) is 0 Å². The smallest absolute Gasteiger partial charge is 0.274 e. The molecule has 0 unspecified atom stereocenters. The molecule has 0 aliphatic carbocycles. The van der Waals surface area contributed by atoms with Crippen LogP contribution >= 0.6 is 0 Å². The fourth-order valence-electron chi connectivity index (χ4n) is 0.481. The summed E-state index contributed by atoms with van der Waals surface area (Å²) in [5.41, 5.74) is 0. The Labute approximate surface area is 55.6 Å². The molecule has 0 fully saturated rings. The highest BCUT2D eigenvalue weighted by Gasteiger charge is 2.02. The molecule has 0 bridgehead atoms. The molecule has 3 nitrogen and oxygen atoms in total. The van der Waals surface area contributed by atoms with Crippen molar-refractivity contribution in [1.29, 1.82) is 0 Å². The standard InChI is InChI=1S/C6H12NO2/c1-6(2)4-7(5-8)9-3/h6H,4H2,1-3H3. The molecule has 0 heterocycles. The van der Waals surface area contributed by atoms with E-state index in [0.29, 0.717) is 12.5 Å². The van der Waals surface area contributed by atoms with Crippen LogP contribution in [0.25, 0.3) is 0 Å². The van der Waals surface area contributed by atoms with Crippen molar-refractivity contribution in [3.05, 3.63) is 0 Å². The maximum absolute atomic E-state index is 9.95. The molecule has 9 heavy (non-hydrogen) atoms. The van der Waals surface area contributed by atoms with E-state index in [-0.39, 0.29) is 0 Å². The van der Waals surface area contributed by atoms with Gasteiger partial charge in [-0.15, -0.1) is 0 Å². The molecule has 0 aromatic carbocycles. The summed E-state index contributed by atoms with van der Waals surface area (Å²) in [6, 6.07) is 0. The molecule has 0 saturated carbocycles. The largest absolute Gasteiger partial charge is 0.337 e. The van der Waals surface area contributed by atoms with Crippen molar-refractivity contribution in [2.45, 2.75) is 13.8 Å². The van der Waals surface area contributed by atoms with Crippen molar-refractivity contribution in [1.82, 2.24) is 5.06 Å². The van der Waals surface area contributed by atoms with Crippen LogP contribution in [0.5, 0.6) is 0 Å². The SMILES string of the molecule is CON([C]=O)CC(C)C. The first-order chi connectivity index (χ1) is 4.20. The molecular formula is C6H12NO2. The third kappa shape index (κ3) is 3.97. The molecule has 0 saturated heterocycles. The molecule has 3 heteroatoms.